The second-order valence-electron chi connectivity index (χ2n) is 9.92. The van der Waals surface area contributed by atoms with E-state index in [-0.39, 0.29) is 17.7 Å². The number of rotatable bonds is 2. The predicted octanol–water partition coefficient (Wildman–Crippen LogP) is 4.85. The number of alkyl carbamates (subject to hydrolysis) is 1. The van der Waals surface area contributed by atoms with E-state index in [1.54, 1.807) is 17.1 Å². The van der Waals surface area contributed by atoms with Crippen molar-refractivity contribution in [2.75, 3.05) is 5.32 Å². The van der Waals surface area contributed by atoms with E-state index in [0.717, 1.165) is 11.3 Å². The van der Waals surface area contributed by atoms with Gasteiger partial charge in [0.2, 0.25) is 5.91 Å². The van der Waals surface area contributed by atoms with Crippen molar-refractivity contribution in [2.24, 2.45) is 18.9 Å². The Hall–Kier alpha value is -3.90. The number of hydrogen-bond donors (Lipinski definition) is 3. The Kier molecular flexibility index (Phi) is 9.65. The lowest BCUT2D eigenvalue weighted by atomic mass is 9.93. The number of halogens is 3. The number of ether oxygens (including phenoxy) is 1. The minimum Gasteiger partial charge on any atom is -0.475 e. The summed E-state index contributed by atoms with van der Waals surface area (Å²) in [7, 11) is 1.83. The summed E-state index contributed by atoms with van der Waals surface area (Å²) in [6.07, 6.45) is 2.04. The highest BCUT2D eigenvalue weighted by Crippen LogP contribution is 2.31. The van der Waals surface area contributed by atoms with E-state index in [2.05, 4.69) is 20.7 Å². The monoisotopic (exact) mass is 539 g/mol. The van der Waals surface area contributed by atoms with Gasteiger partial charge in [-0.05, 0) is 45.2 Å². The molecular formula is C25H32F3N5O5. The van der Waals surface area contributed by atoms with Crippen LogP contribution in [0.1, 0.15) is 52.8 Å². The van der Waals surface area contributed by atoms with Crippen LogP contribution < -0.4 is 10.6 Å². The van der Waals surface area contributed by atoms with Gasteiger partial charge in [-0.3, -0.25) is 14.5 Å². The lowest BCUT2D eigenvalue weighted by molar-refractivity contribution is -0.192. The van der Waals surface area contributed by atoms with Crippen LogP contribution in [-0.4, -0.2) is 49.6 Å². The summed E-state index contributed by atoms with van der Waals surface area (Å²) in [5, 5.41) is 17.4. The molecule has 0 spiro atoms. The molecule has 0 aliphatic carbocycles. The number of carboxylic acids is 1. The van der Waals surface area contributed by atoms with Crippen molar-refractivity contribution in [3.63, 3.8) is 0 Å². The number of carbonyl (C=O) groups is 3. The number of anilines is 1. The number of amides is 2. The molecule has 0 radical (unpaired) electrons. The van der Waals surface area contributed by atoms with E-state index in [0.29, 0.717) is 17.8 Å². The quantitative estimate of drug-likeness (QED) is 0.464. The molecule has 1 aliphatic heterocycles. The van der Waals surface area contributed by atoms with Gasteiger partial charge in [-0.1, -0.05) is 26.0 Å². The van der Waals surface area contributed by atoms with Gasteiger partial charge in [0, 0.05) is 18.8 Å². The molecule has 2 bridgehead atoms. The molecule has 2 aromatic heterocycles. The van der Waals surface area contributed by atoms with E-state index in [9.17, 15) is 22.8 Å². The number of aliphatic carboxylic acids is 1. The average molecular weight is 540 g/mol. The van der Waals surface area contributed by atoms with Crippen LogP contribution >= 0.6 is 0 Å². The van der Waals surface area contributed by atoms with Crippen LogP contribution in [0.3, 0.4) is 0 Å². The maximum absolute atomic E-state index is 13.0. The largest absolute Gasteiger partial charge is 0.490 e. The van der Waals surface area contributed by atoms with Gasteiger partial charge in [-0.2, -0.15) is 18.3 Å². The maximum Gasteiger partial charge on any atom is 0.490 e. The Labute approximate surface area is 218 Å². The molecule has 0 saturated carbocycles. The SMILES string of the molecule is CC(C)[C@@H]1/C=C/C[C@H](NC(=O)OC(C)(C)C)c2cc(ccn2)-c2c(cnn2C)NC1=O.O=C(O)C(F)(F)F. The lowest BCUT2D eigenvalue weighted by Gasteiger charge is -2.24. The fourth-order valence-corrected chi connectivity index (χ4v) is 3.55. The molecule has 3 rings (SSSR count). The molecule has 0 unspecified atom stereocenters. The smallest absolute Gasteiger partial charge is 0.475 e. The molecule has 1 aliphatic rings. The molecule has 0 aromatic carbocycles. The summed E-state index contributed by atoms with van der Waals surface area (Å²) in [6, 6.07) is 3.37. The van der Waals surface area contributed by atoms with Crippen LogP contribution in [0.2, 0.25) is 0 Å². The van der Waals surface area contributed by atoms with Gasteiger partial charge >= 0.3 is 18.2 Å². The maximum atomic E-state index is 13.0. The second kappa shape index (κ2) is 12.1. The van der Waals surface area contributed by atoms with Crippen LogP contribution in [-0.2, 0) is 21.4 Å². The number of aromatic nitrogens is 3. The van der Waals surface area contributed by atoms with E-state index >= 15 is 0 Å². The van der Waals surface area contributed by atoms with Crippen LogP contribution in [0.4, 0.5) is 23.7 Å². The molecule has 10 nitrogen and oxygen atoms in total. The summed E-state index contributed by atoms with van der Waals surface area (Å²) in [4.78, 5) is 38.9. The number of carbonyl (C=O) groups excluding carboxylic acids is 2. The zero-order chi connectivity index (χ0) is 28.8. The van der Waals surface area contributed by atoms with Crippen molar-refractivity contribution in [3.8, 4) is 11.3 Å². The molecule has 3 N–H and O–H groups in total. The first-order valence-corrected chi connectivity index (χ1v) is 11.7. The number of carboxylic acid groups (broad SMARTS) is 1. The summed E-state index contributed by atoms with van der Waals surface area (Å²) in [5.74, 6) is -3.06. The van der Waals surface area contributed by atoms with Crippen molar-refractivity contribution in [3.05, 3.63) is 42.4 Å². The summed E-state index contributed by atoms with van der Waals surface area (Å²) >= 11 is 0. The van der Waals surface area contributed by atoms with Crippen LogP contribution in [0.15, 0.2) is 36.7 Å². The fourth-order valence-electron chi connectivity index (χ4n) is 3.55. The minimum atomic E-state index is -5.08. The van der Waals surface area contributed by atoms with Gasteiger partial charge in [-0.25, -0.2) is 9.59 Å². The molecule has 2 atom stereocenters. The first-order valence-electron chi connectivity index (χ1n) is 11.7. The number of alkyl halides is 3. The first kappa shape index (κ1) is 30.3. The number of hydrogen-bond acceptors (Lipinski definition) is 6. The predicted molar refractivity (Wildman–Crippen MR) is 133 cm³/mol. The van der Waals surface area contributed by atoms with Crippen LogP contribution in [0, 0.1) is 11.8 Å². The van der Waals surface area contributed by atoms with Crippen molar-refractivity contribution < 1.29 is 37.4 Å². The Balaban J connectivity index is 0.000000638. The highest BCUT2D eigenvalue weighted by Gasteiger charge is 2.38. The molecule has 0 saturated heterocycles. The molecule has 208 valence electrons. The van der Waals surface area contributed by atoms with Crippen LogP contribution in [0.5, 0.6) is 0 Å². The topological polar surface area (TPSA) is 135 Å². The van der Waals surface area contributed by atoms with Gasteiger partial charge in [0.1, 0.15) is 5.60 Å². The fraction of sp³-hybridized carbons (Fsp3) is 0.480. The molecule has 38 heavy (non-hydrogen) atoms. The molecule has 13 heteroatoms. The summed E-state index contributed by atoms with van der Waals surface area (Å²) in [5.41, 5.74) is 2.36. The Morgan fingerprint density at radius 3 is 2.45 bits per heavy atom. The zero-order valence-corrected chi connectivity index (χ0v) is 22.0. The van der Waals surface area contributed by atoms with Gasteiger partial charge in [0.05, 0.1) is 35.2 Å². The van der Waals surface area contributed by atoms with Crippen molar-refractivity contribution in [2.45, 2.75) is 58.9 Å². The van der Waals surface area contributed by atoms with E-state index < -0.39 is 29.9 Å². The van der Waals surface area contributed by atoms with Crippen molar-refractivity contribution in [1.82, 2.24) is 20.1 Å². The third-order valence-electron chi connectivity index (χ3n) is 5.28. The number of nitrogens with zero attached hydrogens (tertiary/aromatic N) is 3. The Morgan fingerprint density at radius 2 is 1.89 bits per heavy atom. The molecule has 3 heterocycles. The number of aryl methyl sites for hydroxylation is 1. The molecule has 2 amide bonds. The number of nitrogens with one attached hydrogen (secondary N) is 2. The van der Waals surface area contributed by atoms with Crippen LogP contribution in [0.25, 0.3) is 11.3 Å². The summed E-state index contributed by atoms with van der Waals surface area (Å²) < 4.78 is 38.9. The zero-order valence-electron chi connectivity index (χ0n) is 22.0. The van der Waals surface area contributed by atoms with E-state index in [1.165, 1.54) is 0 Å². The first-order chi connectivity index (χ1) is 17.5. The average Bonchev–Trinajstić information content (AvgIpc) is 3.13. The standard InChI is InChI=1S/C23H31N5O3.C2HF3O2/c1-14(2)16-8-7-9-17(27-22(30)31-23(3,4)5)18-12-15(10-11-24-18)20-19(26-21(16)29)13-25-28(20)6;3-2(4,5)1(6)7/h7-8,10-14,16-17H,9H2,1-6H3,(H,26,29)(H,27,30);(H,6,7)/b8-7+;/t16-,17-;/m0./s1. The van der Waals surface area contributed by atoms with Gasteiger partial charge < -0.3 is 20.5 Å². The third-order valence-corrected chi connectivity index (χ3v) is 5.28. The van der Waals surface area contributed by atoms with Gasteiger partial charge in [-0.15, -0.1) is 0 Å². The van der Waals surface area contributed by atoms with E-state index in [4.69, 9.17) is 14.6 Å². The Bertz CT molecular complexity index is 1180. The molecule has 0 fully saturated rings. The molecular weight excluding hydrogens is 507 g/mol. The highest BCUT2D eigenvalue weighted by molar-refractivity contribution is 5.97. The Morgan fingerprint density at radius 1 is 1.26 bits per heavy atom. The number of fused-ring (bicyclic) bond motifs is 4. The lowest BCUT2D eigenvalue weighted by Crippen LogP contribution is -2.35. The normalized spacial score (nSPS) is 18.5. The van der Waals surface area contributed by atoms with Gasteiger partial charge in [0.15, 0.2) is 0 Å². The van der Waals surface area contributed by atoms with E-state index in [1.807, 2.05) is 66.0 Å². The highest BCUT2D eigenvalue weighted by atomic mass is 19.4. The third kappa shape index (κ3) is 8.60. The minimum absolute atomic E-state index is 0.0907. The van der Waals surface area contributed by atoms with Gasteiger partial charge in [0.25, 0.3) is 0 Å². The van der Waals surface area contributed by atoms with Crippen molar-refractivity contribution in [1.29, 1.82) is 0 Å². The second-order valence-corrected chi connectivity index (χ2v) is 9.92. The number of pyridine rings is 1. The van der Waals surface area contributed by atoms with Crippen molar-refractivity contribution >= 4 is 23.7 Å². The summed E-state index contributed by atoms with van der Waals surface area (Å²) in [6.45, 7) is 9.47. The molecule has 2 aromatic rings.